The second-order valence-electron chi connectivity index (χ2n) is 2.82. The highest BCUT2D eigenvalue weighted by Crippen LogP contribution is 2.31. The van der Waals surface area contributed by atoms with Gasteiger partial charge in [0.2, 0.25) is 0 Å². The van der Waals surface area contributed by atoms with Gasteiger partial charge in [-0.15, -0.1) is 4.85 Å². The summed E-state index contributed by atoms with van der Waals surface area (Å²) in [5.41, 5.74) is 0.349. The molecule has 0 aliphatic carbocycles. The van der Waals surface area contributed by atoms with Crippen molar-refractivity contribution in [2.75, 3.05) is 7.11 Å². The maximum Gasteiger partial charge on any atom is 0.416 e. The quantitative estimate of drug-likeness (QED) is 0.756. The standard InChI is InChI=1S/C8H7F3N2O/c1-14-13-7-3-2-5(8(9,10)11)4-6(7)12-13/h2-4,12H,1H3. The fourth-order valence-electron chi connectivity index (χ4n) is 1.24. The van der Waals surface area contributed by atoms with E-state index in [4.69, 9.17) is 4.84 Å². The molecule has 1 heterocycles. The van der Waals surface area contributed by atoms with E-state index in [0.29, 0.717) is 11.0 Å². The lowest BCUT2D eigenvalue weighted by Crippen LogP contribution is -2.17. The van der Waals surface area contributed by atoms with Crippen LogP contribution >= 0.6 is 0 Å². The normalized spacial score (nSPS) is 12.3. The number of nitrogens with zero attached hydrogens (tertiary/aromatic N) is 1. The number of halogens is 3. The molecule has 0 amide bonds. The van der Waals surface area contributed by atoms with Gasteiger partial charge in [0.15, 0.2) is 0 Å². The van der Waals surface area contributed by atoms with E-state index >= 15 is 0 Å². The van der Waals surface area contributed by atoms with Crippen LogP contribution in [-0.4, -0.2) is 17.1 Å². The molecule has 2 aromatic rings. The minimum atomic E-state index is -4.30. The molecule has 0 fully saturated rings. The Balaban J connectivity index is 2.46. The molecule has 76 valence electrons. The van der Waals surface area contributed by atoms with Gasteiger partial charge in [-0.1, -0.05) is 0 Å². The van der Waals surface area contributed by atoms with Crippen molar-refractivity contribution in [1.82, 2.24) is 9.94 Å². The summed E-state index contributed by atoms with van der Waals surface area (Å²) in [5, 5.41) is 2.60. The predicted octanol–water partition coefficient (Wildman–Crippen LogP) is 2.05. The van der Waals surface area contributed by atoms with Crippen molar-refractivity contribution < 1.29 is 18.0 Å². The van der Waals surface area contributed by atoms with Gasteiger partial charge in [0.1, 0.15) is 12.6 Å². The van der Waals surface area contributed by atoms with Crippen LogP contribution in [0.15, 0.2) is 18.2 Å². The van der Waals surface area contributed by atoms with E-state index in [1.807, 2.05) is 0 Å². The van der Waals surface area contributed by atoms with Crippen LogP contribution in [0.2, 0.25) is 0 Å². The van der Waals surface area contributed by atoms with Crippen molar-refractivity contribution in [1.29, 1.82) is 0 Å². The molecule has 1 aromatic carbocycles. The maximum atomic E-state index is 12.2. The van der Waals surface area contributed by atoms with Crippen LogP contribution in [0, 0.1) is 0 Å². The first-order chi connectivity index (χ1) is 6.52. The maximum absolute atomic E-state index is 12.2. The van der Waals surface area contributed by atoms with E-state index in [0.717, 1.165) is 12.1 Å². The molecule has 0 aliphatic rings. The fourth-order valence-corrected chi connectivity index (χ4v) is 1.24. The molecule has 0 radical (unpaired) electrons. The van der Waals surface area contributed by atoms with Gasteiger partial charge >= 0.3 is 6.18 Å². The van der Waals surface area contributed by atoms with Crippen molar-refractivity contribution >= 4 is 11.0 Å². The number of aromatic nitrogens is 2. The molecule has 0 atom stereocenters. The molecular weight excluding hydrogens is 197 g/mol. The molecule has 0 bridgehead atoms. The smallest absolute Gasteiger partial charge is 0.401 e. The summed E-state index contributed by atoms with van der Waals surface area (Å²) < 4.78 is 36.7. The Morgan fingerprint density at radius 2 is 2.07 bits per heavy atom. The topological polar surface area (TPSA) is 29.9 Å². The molecule has 0 saturated carbocycles. The number of hydrogen-bond donors (Lipinski definition) is 1. The first-order valence-electron chi connectivity index (χ1n) is 3.84. The first kappa shape index (κ1) is 8.98. The zero-order chi connectivity index (χ0) is 10.3. The second kappa shape index (κ2) is 2.70. The number of alkyl halides is 3. The third-order valence-corrected chi connectivity index (χ3v) is 1.95. The number of rotatable bonds is 1. The summed E-state index contributed by atoms with van der Waals surface area (Å²) in [5.74, 6) is 0. The van der Waals surface area contributed by atoms with Crippen LogP contribution in [-0.2, 0) is 6.18 Å². The highest BCUT2D eigenvalue weighted by Gasteiger charge is 2.31. The summed E-state index contributed by atoms with van der Waals surface area (Å²) in [6.45, 7) is 0. The molecule has 3 nitrogen and oxygen atoms in total. The van der Waals surface area contributed by atoms with Gasteiger partial charge in [-0.25, -0.2) is 0 Å². The van der Waals surface area contributed by atoms with Crippen LogP contribution in [0.5, 0.6) is 0 Å². The molecular formula is C8H7F3N2O. The third kappa shape index (κ3) is 1.23. The van der Waals surface area contributed by atoms with Gasteiger partial charge in [-0.3, -0.25) is 5.10 Å². The monoisotopic (exact) mass is 204 g/mol. The second-order valence-corrected chi connectivity index (χ2v) is 2.82. The molecule has 0 unspecified atom stereocenters. The van der Waals surface area contributed by atoms with Crippen molar-refractivity contribution in [2.24, 2.45) is 0 Å². The van der Waals surface area contributed by atoms with E-state index in [9.17, 15) is 13.2 Å². The Hall–Kier alpha value is -1.59. The third-order valence-electron chi connectivity index (χ3n) is 1.95. The zero-order valence-corrected chi connectivity index (χ0v) is 7.22. The number of H-pyrrole nitrogens is 1. The zero-order valence-electron chi connectivity index (χ0n) is 7.22. The molecule has 6 heteroatoms. The number of nitrogens with one attached hydrogen (secondary N) is 1. The average Bonchev–Trinajstić information content (AvgIpc) is 2.05. The number of benzene rings is 1. The fraction of sp³-hybridized carbons (Fsp3) is 0.250. The van der Waals surface area contributed by atoms with E-state index in [1.165, 1.54) is 18.0 Å². The Labute approximate surface area is 77.0 Å². The molecule has 0 aliphatic heterocycles. The van der Waals surface area contributed by atoms with Gasteiger partial charge in [-0.2, -0.15) is 13.2 Å². The molecule has 0 spiro atoms. The lowest BCUT2D eigenvalue weighted by molar-refractivity contribution is -0.137. The molecule has 0 saturated heterocycles. The SMILES string of the molecule is COn1[nH]c2cc(C(F)(F)F)ccc21. The first-order valence-corrected chi connectivity index (χ1v) is 3.84. The highest BCUT2D eigenvalue weighted by molar-refractivity contribution is 5.77. The van der Waals surface area contributed by atoms with Crippen LogP contribution in [0.3, 0.4) is 0 Å². The molecule has 14 heavy (non-hydrogen) atoms. The Bertz CT molecular complexity index is 455. The van der Waals surface area contributed by atoms with Crippen LogP contribution in [0.4, 0.5) is 13.2 Å². The molecule has 1 aromatic heterocycles. The van der Waals surface area contributed by atoms with Gasteiger partial charge in [-0.05, 0) is 18.2 Å². The van der Waals surface area contributed by atoms with E-state index < -0.39 is 11.7 Å². The van der Waals surface area contributed by atoms with Crippen molar-refractivity contribution in [3.63, 3.8) is 0 Å². The van der Waals surface area contributed by atoms with Crippen molar-refractivity contribution in [3.05, 3.63) is 23.8 Å². The number of fused-ring (bicyclic) bond motifs is 1. The molecule has 1 N–H and O–H groups in total. The van der Waals surface area contributed by atoms with E-state index in [-0.39, 0.29) is 0 Å². The summed E-state index contributed by atoms with van der Waals surface area (Å²) in [7, 11) is 1.42. The van der Waals surface area contributed by atoms with E-state index in [2.05, 4.69) is 5.10 Å². The Morgan fingerprint density at radius 3 is 2.57 bits per heavy atom. The van der Waals surface area contributed by atoms with Gasteiger partial charge in [0.05, 0.1) is 11.1 Å². The Kier molecular flexibility index (Phi) is 1.73. The highest BCUT2D eigenvalue weighted by atomic mass is 19.4. The summed E-state index contributed by atoms with van der Waals surface area (Å²) >= 11 is 0. The van der Waals surface area contributed by atoms with Gasteiger partial charge < -0.3 is 4.84 Å². The van der Waals surface area contributed by atoms with E-state index in [1.54, 1.807) is 0 Å². The predicted molar refractivity (Wildman–Crippen MR) is 43.8 cm³/mol. The van der Waals surface area contributed by atoms with Crippen LogP contribution in [0.1, 0.15) is 5.56 Å². The average molecular weight is 204 g/mol. The summed E-state index contributed by atoms with van der Waals surface area (Å²) in [4.78, 5) is 6.07. The minimum Gasteiger partial charge on any atom is -0.401 e. The number of aromatic amines is 1. The number of hydrogen-bond acceptors (Lipinski definition) is 1. The van der Waals surface area contributed by atoms with Crippen molar-refractivity contribution in [2.45, 2.75) is 6.18 Å². The summed E-state index contributed by atoms with van der Waals surface area (Å²) in [6, 6.07) is 3.43. The Morgan fingerprint density at radius 1 is 1.36 bits per heavy atom. The van der Waals surface area contributed by atoms with Crippen molar-refractivity contribution in [3.8, 4) is 0 Å². The minimum absolute atomic E-state index is 0.418. The van der Waals surface area contributed by atoms with Gasteiger partial charge in [0.25, 0.3) is 0 Å². The molecule has 2 rings (SSSR count). The lowest BCUT2D eigenvalue weighted by atomic mass is 10.2. The van der Waals surface area contributed by atoms with Gasteiger partial charge in [0, 0.05) is 0 Å². The van der Waals surface area contributed by atoms with Crippen LogP contribution < -0.4 is 4.84 Å². The summed E-state index contributed by atoms with van der Waals surface area (Å²) in [6.07, 6.45) is -4.30. The van der Waals surface area contributed by atoms with Crippen LogP contribution in [0.25, 0.3) is 11.0 Å². The largest absolute Gasteiger partial charge is 0.416 e. The lowest BCUT2D eigenvalue weighted by Gasteiger charge is -2.15.